The van der Waals surface area contributed by atoms with Gasteiger partial charge in [0.15, 0.2) is 0 Å². The fourth-order valence-electron chi connectivity index (χ4n) is 4.77. The molecule has 2 saturated carbocycles. The summed E-state index contributed by atoms with van der Waals surface area (Å²) in [4.78, 5) is 0. The van der Waals surface area contributed by atoms with E-state index >= 15 is 0 Å². The van der Waals surface area contributed by atoms with E-state index < -0.39 is 0 Å². The van der Waals surface area contributed by atoms with Gasteiger partial charge in [-0.3, -0.25) is 0 Å². The Kier molecular flexibility index (Phi) is 4.71. The minimum atomic E-state index is 0.496. The van der Waals surface area contributed by atoms with E-state index in [1.165, 1.54) is 77.0 Å². The molecule has 19 heavy (non-hydrogen) atoms. The Morgan fingerprint density at radius 1 is 0.789 bits per heavy atom. The van der Waals surface area contributed by atoms with Crippen LogP contribution in [0.15, 0.2) is 11.6 Å². The van der Waals surface area contributed by atoms with Crippen molar-refractivity contribution in [3.8, 4) is 0 Å². The van der Waals surface area contributed by atoms with Gasteiger partial charge in [0.2, 0.25) is 0 Å². The molecule has 3 aliphatic carbocycles. The summed E-state index contributed by atoms with van der Waals surface area (Å²) < 4.78 is 0. The van der Waals surface area contributed by atoms with Crippen LogP contribution in [0.3, 0.4) is 0 Å². The second-order valence-electron chi connectivity index (χ2n) is 7.32. The third-order valence-electron chi connectivity index (χ3n) is 6.10. The standard InChI is InChI=1S/C18H29B/c19-18-12-10-17(11-13-18)16-8-6-15(7-9-16)14-4-2-1-3-5-14/h8,14-15,17-18H,1-7,9-13H2. The zero-order valence-electron chi connectivity index (χ0n) is 12.4. The molecule has 0 saturated heterocycles. The van der Waals surface area contributed by atoms with Gasteiger partial charge in [-0.15, -0.1) is 0 Å². The molecular formula is C18H29B. The first-order chi connectivity index (χ1) is 9.33. The first-order valence-electron chi connectivity index (χ1n) is 8.77. The number of rotatable bonds is 2. The molecule has 104 valence electrons. The normalized spacial score (nSPS) is 37.9. The third-order valence-corrected chi connectivity index (χ3v) is 6.10. The lowest BCUT2D eigenvalue weighted by molar-refractivity contribution is 0.226. The van der Waals surface area contributed by atoms with Crippen LogP contribution in [0.25, 0.3) is 0 Å². The zero-order valence-corrected chi connectivity index (χ0v) is 12.4. The van der Waals surface area contributed by atoms with Crippen molar-refractivity contribution in [1.82, 2.24) is 0 Å². The number of hydrogen-bond donors (Lipinski definition) is 0. The lowest BCUT2D eigenvalue weighted by atomic mass is 9.67. The molecule has 3 aliphatic rings. The van der Waals surface area contributed by atoms with Crippen LogP contribution in [-0.2, 0) is 0 Å². The summed E-state index contributed by atoms with van der Waals surface area (Å²) >= 11 is 0. The van der Waals surface area contributed by atoms with Crippen molar-refractivity contribution >= 4 is 7.85 Å². The van der Waals surface area contributed by atoms with Crippen molar-refractivity contribution in [2.75, 3.05) is 0 Å². The van der Waals surface area contributed by atoms with Crippen LogP contribution in [-0.4, -0.2) is 7.85 Å². The lowest BCUT2D eigenvalue weighted by Gasteiger charge is -2.35. The second kappa shape index (κ2) is 6.50. The van der Waals surface area contributed by atoms with Gasteiger partial charge in [-0.25, -0.2) is 0 Å². The topological polar surface area (TPSA) is 0 Å². The predicted octanol–water partition coefficient (Wildman–Crippen LogP) is 5.44. The van der Waals surface area contributed by atoms with Crippen LogP contribution >= 0.6 is 0 Å². The van der Waals surface area contributed by atoms with Gasteiger partial charge < -0.3 is 0 Å². The van der Waals surface area contributed by atoms with Gasteiger partial charge in [0, 0.05) is 0 Å². The summed E-state index contributed by atoms with van der Waals surface area (Å²) in [5.41, 5.74) is 1.80. The van der Waals surface area contributed by atoms with Crippen LogP contribution in [0.4, 0.5) is 0 Å². The molecule has 0 spiro atoms. The smallest absolute Gasteiger partial charge is 0.0699 e. The lowest BCUT2D eigenvalue weighted by Crippen LogP contribution is -2.22. The van der Waals surface area contributed by atoms with E-state index in [1.54, 1.807) is 5.57 Å². The molecule has 0 bridgehead atoms. The molecule has 0 aromatic heterocycles. The monoisotopic (exact) mass is 256 g/mol. The largest absolute Gasteiger partial charge is 0.0848 e. The molecule has 0 N–H and O–H groups in total. The summed E-state index contributed by atoms with van der Waals surface area (Å²) in [6.45, 7) is 0. The Hall–Kier alpha value is -0.195. The van der Waals surface area contributed by atoms with Gasteiger partial charge in [0.1, 0.15) is 0 Å². The highest BCUT2D eigenvalue weighted by molar-refractivity contribution is 6.11. The van der Waals surface area contributed by atoms with Gasteiger partial charge in [-0.2, -0.15) is 0 Å². The van der Waals surface area contributed by atoms with E-state index in [9.17, 15) is 0 Å². The second-order valence-corrected chi connectivity index (χ2v) is 7.32. The van der Waals surface area contributed by atoms with Crippen LogP contribution in [0.5, 0.6) is 0 Å². The molecule has 2 radical (unpaired) electrons. The van der Waals surface area contributed by atoms with E-state index in [-0.39, 0.29) is 0 Å². The molecule has 0 amide bonds. The molecule has 1 heteroatoms. The Morgan fingerprint density at radius 2 is 1.53 bits per heavy atom. The quantitative estimate of drug-likeness (QED) is 0.456. The average Bonchev–Trinajstić information content (AvgIpc) is 2.49. The number of hydrogen-bond acceptors (Lipinski definition) is 0. The van der Waals surface area contributed by atoms with E-state index in [4.69, 9.17) is 7.85 Å². The summed E-state index contributed by atoms with van der Waals surface area (Å²) in [6, 6.07) is 0. The summed E-state index contributed by atoms with van der Waals surface area (Å²) in [5, 5.41) is 0. The van der Waals surface area contributed by atoms with Crippen LogP contribution in [0, 0.1) is 17.8 Å². The van der Waals surface area contributed by atoms with E-state index in [2.05, 4.69) is 6.08 Å². The maximum absolute atomic E-state index is 6.03. The highest BCUT2D eigenvalue weighted by Crippen LogP contribution is 2.42. The average molecular weight is 256 g/mol. The molecule has 1 atom stereocenters. The molecule has 0 heterocycles. The molecule has 0 aliphatic heterocycles. The molecule has 1 unspecified atom stereocenters. The van der Waals surface area contributed by atoms with Crippen LogP contribution < -0.4 is 0 Å². The minimum Gasteiger partial charge on any atom is -0.0848 e. The molecule has 0 nitrogen and oxygen atoms in total. The van der Waals surface area contributed by atoms with E-state index in [1.807, 2.05) is 0 Å². The van der Waals surface area contributed by atoms with Crippen molar-refractivity contribution in [2.24, 2.45) is 17.8 Å². The van der Waals surface area contributed by atoms with Crippen LogP contribution in [0.1, 0.15) is 77.0 Å². The fourth-order valence-corrected chi connectivity index (χ4v) is 4.77. The maximum Gasteiger partial charge on any atom is 0.0699 e. The Balaban J connectivity index is 1.51. The fraction of sp³-hybridized carbons (Fsp3) is 0.889. The molecule has 3 rings (SSSR count). The van der Waals surface area contributed by atoms with Gasteiger partial charge in [-0.05, 0) is 49.9 Å². The summed E-state index contributed by atoms with van der Waals surface area (Å²) in [5.74, 6) is 3.48. The highest BCUT2D eigenvalue weighted by atomic mass is 14.3. The minimum absolute atomic E-state index is 0.496. The Labute approximate surface area is 120 Å². The van der Waals surface area contributed by atoms with Gasteiger partial charge >= 0.3 is 0 Å². The Bertz CT molecular complexity index is 306. The van der Waals surface area contributed by atoms with Crippen molar-refractivity contribution in [3.05, 3.63) is 11.6 Å². The van der Waals surface area contributed by atoms with Crippen LogP contribution in [0.2, 0.25) is 5.82 Å². The summed E-state index contributed by atoms with van der Waals surface area (Å²) in [6.07, 6.45) is 19.7. The van der Waals surface area contributed by atoms with Crippen molar-refractivity contribution < 1.29 is 0 Å². The highest BCUT2D eigenvalue weighted by Gasteiger charge is 2.28. The number of allylic oxidation sites excluding steroid dienone is 2. The zero-order chi connectivity index (χ0) is 13.1. The predicted molar refractivity (Wildman–Crippen MR) is 83.5 cm³/mol. The van der Waals surface area contributed by atoms with E-state index in [0.717, 1.165) is 17.8 Å². The molecule has 0 aromatic carbocycles. The van der Waals surface area contributed by atoms with Crippen molar-refractivity contribution in [3.63, 3.8) is 0 Å². The SMILES string of the molecule is [B]C1CCC(C2=CCC(C3CCCCC3)CC2)CC1. The van der Waals surface area contributed by atoms with Gasteiger partial charge in [0.05, 0.1) is 7.85 Å². The first kappa shape index (κ1) is 13.8. The van der Waals surface area contributed by atoms with Crippen molar-refractivity contribution in [2.45, 2.75) is 82.9 Å². The molecule has 0 aromatic rings. The van der Waals surface area contributed by atoms with Gasteiger partial charge in [-0.1, -0.05) is 62.4 Å². The molecule has 2 fully saturated rings. The van der Waals surface area contributed by atoms with Crippen molar-refractivity contribution in [1.29, 1.82) is 0 Å². The maximum atomic E-state index is 6.03. The molecular weight excluding hydrogens is 227 g/mol. The summed E-state index contributed by atoms with van der Waals surface area (Å²) in [7, 11) is 6.03. The van der Waals surface area contributed by atoms with Gasteiger partial charge in [0.25, 0.3) is 0 Å². The van der Waals surface area contributed by atoms with E-state index in [0.29, 0.717) is 5.82 Å². The first-order valence-corrected chi connectivity index (χ1v) is 8.77. The Morgan fingerprint density at radius 3 is 2.16 bits per heavy atom. The third kappa shape index (κ3) is 3.47.